The molecule has 0 aliphatic rings. The summed E-state index contributed by atoms with van der Waals surface area (Å²) in [4.78, 5) is 23.7. The predicted octanol–water partition coefficient (Wildman–Crippen LogP) is 4.27. The van der Waals surface area contributed by atoms with Crippen LogP contribution in [0.5, 0.6) is 5.75 Å². The SMILES string of the molecule is C/C(=C\C=C\C(=O)NO)[C@@H](C)[C@H](OC(=O)Nc1ccc(F)cc1F)c1ccc(OCCO)cc1. The molecular formula is C24H26F2N2O6. The van der Waals surface area contributed by atoms with Crippen molar-refractivity contribution in [1.82, 2.24) is 5.48 Å². The lowest BCUT2D eigenvalue weighted by atomic mass is 9.91. The fourth-order valence-electron chi connectivity index (χ4n) is 2.94. The Morgan fingerprint density at radius 1 is 1.15 bits per heavy atom. The van der Waals surface area contributed by atoms with Crippen molar-refractivity contribution in [3.05, 3.63) is 83.5 Å². The van der Waals surface area contributed by atoms with Crippen LogP contribution in [0.25, 0.3) is 0 Å². The highest BCUT2D eigenvalue weighted by Crippen LogP contribution is 2.33. The molecule has 0 aliphatic heterocycles. The van der Waals surface area contributed by atoms with E-state index in [0.29, 0.717) is 17.4 Å². The lowest BCUT2D eigenvalue weighted by molar-refractivity contribution is -0.124. The normalized spacial score (nSPS) is 13.3. The van der Waals surface area contributed by atoms with E-state index in [1.807, 2.05) is 0 Å². The number of halogens is 2. The molecule has 2 aromatic carbocycles. The number of amides is 2. The van der Waals surface area contributed by atoms with Gasteiger partial charge in [-0.25, -0.2) is 19.1 Å². The van der Waals surface area contributed by atoms with Gasteiger partial charge >= 0.3 is 6.09 Å². The molecule has 0 spiro atoms. The van der Waals surface area contributed by atoms with Gasteiger partial charge in [-0.3, -0.25) is 15.3 Å². The minimum atomic E-state index is -0.953. The minimum Gasteiger partial charge on any atom is -0.491 e. The van der Waals surface area contributed by atoms with Crippen molar-refractivity contribution in [3.8, 4) is 5.75 Å². The molecule has 0 radical (unpaired) electrons. The molecule has 2 atom stereocenters. The van der Waals surface area contributed by atoms with Crippen LogP contribution in [0.1, 0.15) is 25.5 Å². The smallest absolute Gasteiger partial charge is 0.412 e. The number of aliphatic hydroxyl groups excluding tert-OH is 1. The van der Waals surface area contributed by atoms with E-state index in [9.17, 15) is 18.4 Å². The number of anilines is 1. The summed E-state index contributed by atoms with van der Waals surface area (Å²) in [5.41, 5.74) is 2.57. The Morgan fingerprint density at radius 3 is 2.47 bits per heavy atom. The van der Waals surface area contributed by atoms with Crippen molar-refractivity contribution in [2.45, 2.75) is 20.0 Å². The first-order valence-corrected chi connectivity index (χ1v) is 10.3. The van der Waals surface area contributed by atoms with Crippen LogP contribution in [0, 0.1) is 17.6 Å². The van der Waals surface area contributed by atoms with E-state index in [1.54, 1.807) is 44.2 Å². The monoisotopic (exact) mass is 476 g/mol. The summed E-state index contributed by atoms with van der Waals surface area (Å²) in [6.45, 7) is 3.53. The van der Waals surface area contributed by atoms with Gasteiger partial charge in [0.15, 0.2) is 0 Å². The van der Waals surface area contributed by atoms with Gasteiger partial charge in [0.1, 0.15) is 30.1 Å². The van der Waals surface area contributed by atoms with Crippen molar-refractivity contribution < 1.29 is 38.2 Å². The first-order valence-electron chi connectivity index (χ1n) is 10.3. The number of rotatable bonds is 10. The van der Waals surface area contributed by atoms with Crippen LogP contribution < -0.4 is 15.5 Å². The topological polar surface area (TPSA) is 117 Å². The Bertz CT molecular complexity index is 1040. The van der Waals surface area contributed by atoms with Gasteiger partial charge in [0.25, 0.3) is 5.91 Å². The van der Waals surface area contributed by atoms with Gasteiger partial charge in [0.2, 0.25) is 0 Å². The van der Waals surface area contributed by atoms with Crippen molar-refractivity contribution >= 4 is 17.7 Å². The van der Waals surface area contributed by atoms with E-state index in [2.05, 4.69) is 5.32 Å². The number of ether oxygens (including phenoxy) is 2. The number of hydroxylamine groups is 1. The first kappa shape index (κ1) is 26.5. The third kappa shape index (κ3) is 7.98. The van der Waals surface area contributed by atoms with Crippen molar-refractivity contribution in [2.24, 2.45) is 5.92 Å². The summed E-state index contributed by atoms with van der Waals surface area (Å²) in [5, 5.41) is 19.7. The first-order chi connectivity index (χ1) is 16.2. The van der Waals surface area contributed by atoms with Gasteiger partial charge in [-0.1, -0.05) is 36.8 Å². The Kier molecular flexibility index (Phi) is 10.2. The minimum absolute atomic E-state index is 0.122. The molecule has 2 amide bonds. The van der Waals surface area contributed by atoms with Gasteiger partial charge in [-0.15, -0.1) is 0 Å². The zero-order valence-electron chi connectivity index (χ0n) is 18.6. The third-order valence-corrected chi connectivity index (χ3v) is 4.86. The van der Waals surface area contributed by atoms with Gasteiger partial charge in [-0.2, -0.15) is 0 Å². The number of carbonyl (C=O) groups excluding carboxylic acids is 2. The van der Waals surface area contributed by atoms with E-state index >= 15 is 0 Å². The fourth-order valence-corrected chi connectivity index (χ4v) is 2.94. The highest BCUT2D eigenvalue weighted by molar-refractivity contribution is 5.86. The second-order valence-corrected chi connectivity index (χ2v) is 7.25. The quantitative estimate of drug-likeness (QED) is 0.176. The third-order valence-electron chi connectivity index (χ3n) is 4.86. The van der Waals surface area contributed by atoms with E-state index < -0.39 is 35.7 Å². The molecule has 0 fully saturated rings. The summed E-state index contributed by atoms with van der Waals surface area (Å²) in [6, 6.07) is 9.39. The maximum absolute atomic E-state index is 13.9. The molecule has 2 aromatic rings. The Hall–Kier alpha value is -3.76. The molecule has 0 bridgehead atoms. The molecule has 10 heteroatoms. The second-order valence-electron chi connectivity index (χ2n) is 7.25. The molecule has 34 heavy (non-hydrogen) atoms. The number of hydrogen-bond donors (Lipinski definition) is 4. The molecule has 0 unspecified atom stereocenters. The van der Waals surface area contributed by atoms with E-state index in [0.717, 1.165) is 23.8 Å². The zero-order chi connectivity index (χ0) is 25.1. The van der Waals surface area contributed by atoms with Crippen LogP contribution in [0.2, 0.25) is 0 Å². The highest BCUT2D eigenvalue weighted by atomic mass is 19.1. The average Bonchev–Trinajstić information content (AvgIpc) is 2.82. The summed E-state index contributed by atoms with van der Waals surface area (Å²) in [7, 11) is 0. The molecule has 4 N–H and O–H groups in total. The summed E-state index contributed by atoms with van der Waals surface area (Å²) in [6.07, 6.45) is 2.38. The number of nitrogens with one attached hydrogen (secondary N) is 2. The summed E-state index contributed by atoms with van der Waals surface area (Å²) in [5.74, 6) is -2.32. The van der Waals surface area contributed by atoms with E-state index in [4.69, 9.17) is 19.8 Å². The number of allylic oxidation sites excluding steroid dienone is 2. The Balaban J connectivity index is 2.26. The average molecular weight is 476 g/mol. The number of benzene rings is 2. The predicted molar refractivity (Wildman–Crippen MR) is 120 cm³/mol. The zero-order valence-corrected chi connectivity index (χ0v) is 18.6. The molecule has 0 saturated heterocycles. The highest BCUT2D eigenvalue weighted by Gasteiger charge is 2.25. The van der Waals surface area contributed by atoms with Gasteiger partial charge in [0, 0.05) is 18.1 Å². The largest absolute Gasteiger partial charge is 0.491 e. The summed E-state index contributed by atoms with van der Waals surface area (Å²) >= 11 is 0. The van der Waals surface area contributed by atoms with Crippen molar-refractivity contribution in [1.29, 1.82) is 0 Å². The maximum atomic E-state index is 13.9. The van der Waals surface area contributed by atoms with Crippen LogP contribution >= 0.6 is 0 Å². The molecule has 0 aromatic heterocycles. The maximum Gasteiger partial charge on any atom is 0.412 e. The van der Waals surface area contributed by atoms with Crippen LogP contribution in [0.4, 0.5) is 19.3 Å². The summed E-state index contributed by atoms with van der Waals surface area (Å²) < 4.78 is 38.0. The molecule has 8 nitrogen and oxygen atoms in total. The van der Waals surface area contributed by atoms with Crippen molar-refractivity contribution in [2.75, 3.05) is 18.5 Å². The van der Waals surface area contributed by atoms with E-state index in [1.165, 1.54) is 11.6 Å². The van der Waals surface area contributed by atoms with Crippen LogP contribution in [-0.2, 0) is 9.53 Å². The van der Waals surface area contributed by atoms with E-state index in [-0.39, 0.29) is 18.9 Å². The Labute approximate surface area is 195 Å². The standard InChI is InChI=1S/C24H26F2N2O6/c1-15(4-3-5-22(30)28-32)16(2)23(17-6-9-19(10-7-17)33-13-12-29)34-24(31)27-21-11-8-18(25)14-20(21)26/h3-11,14,16,23,29,32H,12-13H2,1-2H3,(H,27,31)(H,28,30)/b5-3+,15-4+/t16-,23+/m1/s1. The molecule has 0 saturated carbocycles. The number of aliphatic hydroxyl groups is 1. The van der Waals surface area contributed by atoms with Gasteiger partial charge in [0.05, 0.1) is 12.3 Å². The van der Waals surface area contributed by atoms with Crippen molar-refractivity contribution in [3.63, 3.8) is 0 Å². The molecule has 182 valence electrons. The lowest BCUT2D eigenvalue weighted by Gasteiger charge is -2.26. The molecular weight excluding hydrogens is 450 g/mol. The molecule has 2 rings (SSSR count). The number of carbonyl (C=O) groups is 2. The van der Waals surface area contributed by atoms with Gasteiger partial charge < -0.3 is 14.6 Å². The van der Waals surface area contributed by atoms with Crippen LogP contribution in [0.15, 0.2) is 66.3 Å². The second kappa shape index (κ2) is 13.1. The van der Waals surface area contributed by atoms with Gasteiger partial charge in [-0.05, 0) is 36.8 Å². The van der Waals surface area contributed by atoms with Crippen LogP contribution in [-0.4, -0.2) is 35.5 Å². The number of hydrogen-bond acceptors (Lipinski definition) is 6. The van der Waals surface area contributed by atoms with Crippen LogP contribution in [0.3, 0.4) is 0 Å². The molecule has 0 aliphatic carbocycles. The molecule has 0 heterocycles. The lowest BCUT2D eigenvalue weighted by Crippen LogP contribution is -2.23. The Morgan fingerprint density at radius 2 is 1.85 bits per heavy atom. The fraction of sp³-hybridized carbons (Fsp3) is 0.250.